The molecule has 0 aliphatic heterocycles. The van der Waals surface area contributed by atoms with E-state index in [1.165, 1.54) is 147 Å². The first kappa shape index (κ1) is 32.2. The summed E-state index contributed by atoms with van der Waals surface area (Å²) in [6.07, 6.45) is 35.0. The summed E-state index contributed by atoms with van der Waals surface area (Å²) in [5.41, 5.74) is 0. The van der Waals surface area contributed by atoms with E-state index < -0.39 is 0 Å². The molecule has 0 aromatic heterocycles. The molecule has 0 radical (unpaired) electrons. The second-order valence-electron chi connectivity index (χ2n) is 9.77. The minimum Gasteiger partial charge on any atom is -0.434 e. The zero-order valence-electron chi connectivity index (χ0n) is 22.0. The molecule has 0 atom stereocenters. The van der Waals surface area contributed by atoms with Crippen molar-refractivity contribution in [3.8, 4) is 0 Å². The minimum absolute atomic E-state index is 0.187. The second-order valence-corrected chi connectivity index (χ2v) is 10.3. The van der Waals surface area contributed by atoms with Gasteiger partial charge in [-0.15, -0.1) is 0 Å². The lowest BCUT2D eigenvalue weighted by molar-refractivity contribution is -0.138. The predicted octanol–water partition coefficient (Wildman–Crippen LogP) is 11.2. The Morgan fingerprint density at radius 2 is 0.909 bits per heavy atom. The Morgan fingerprint density at radius 3 is 1.21 bits per heavy atom. The molecular formula is C30H55ClO2. The van der Waals surface area contributed by atoms with Crippen molar-refractivity contribution in [1.29, 1.82) is 0 Å². The van der Waals surface area contributed by atoms with E-state index in [9.17, 15) is 4.79 Å². The van der Waals surface area contributed by atoms with Crippen LogP contribution in [0.15, 0.2) is 23.9 Å². The van der Waals surface area contributed by atoms with Gasteiger partial charge in [0, 0.05) is 11.5 Å². The van der Waals surface area contributed by atoms with Gasteiger partial charge < -0.3 is 4.74 Å². The third-order valence-electron chi connectivity index (χ3n) is 6.43. The topological polar surface area (TPSA) is 26.3 Å². The first-order valence-corrected chi connectivity index (χ1v) is 14.7. The first-order chi connectivity index (χ1) is 16.2. The normalized spacial score (nSPS) is 11.3. The molecule has 0 aliphatic carbocycles. The molecule has 0 fully saturated rings. The van der Waals surface area contributed by atoms with Crippen LogP contribution >= 0.6 is 11.6 Å². The number of hydrogen-bond donors (Lipinski definition) is 0. The van der Waals surface area contributed by atoms with Gasteiger partial charge in [-0.05, 0) is 12.5 Å². The van der Waals surface area contributed by atoms with Crippen LogP contribution in [0, 0.1) is 0 Å². The SMILES string of the molecule is C=C(Cl)C=COC(=O)CCCCCCCCCCCCCCCCCCCCCCCCC. The molecule has 0 N–H and O–H groups in total. The van der Waals surface area contributed by atoms with Crippen molar-refractivity contribution < 1.29 is 9.53 Å². The second kappa shape index (κ2) is 27.5. The van der Waals surface area contributed by atoms with E-state index in [1.54, 1.807) is 0 Å². The summed E-state index contributed by atoms with van der Waals surface area (Å²) in [5.74, 6) is -0.187. The van der Waals surface area contributed by atoms with Crippen LogP contribution < -0.4 is 0 Å². The van der Waals surface area contributed by atoms with Crippen LogP contribution in [0.25, 0.3) is 0 Å². The summed E-state index contributed by atoms with van der Waals surface area (Å²) in [4.78, 5) is 11.5. The molecule has 0 unspecified atom stereocenters. The van der Waals surface area contributed by atoms with Crippen LogP contribution in [0.4, 0.5) is 0 Å². The molecule has 0 saturated carbocycles. The largest absolute Gasteiger partial charge is 0.434 e. The molecule has 0 amide bonds. The van der Waals surface area contributed by atoms with Gasteiger partial charge in [0.2, 0.25) is 0 Å². The number of allylic oxidation sites excluding steroid dienone is 2. The van der Waals surface area contributed by atoms with Crippen molar-refractivity contribution in [2.24, 2.45) is 0 Å². The summed E-state index contributed by atoms with van der Waals surface area (Å²) in [6, 6.07) is 0. The van der Waals surface area contributed by atoms with Gasteiger partial charge in [-0.3, -0.25) is 4.79 Å². The molecule has 0 spiro atoms. The van der Waals surface area contributed by atoms with Gasteiger partial charge in [-0.25, -0.2) is 0 Å². The van der Waals surface area contributed by atoms with Gasteiger partial charge in [0.1, 0.15) is 0 Å². The van der Waals surface area contributed by atoms with E-state index >= 15 is 0 Å². The fraction of sp³-hybridized carbons (Fsp3) is 0.833. The van der Waals surface area contributed by atoms with Crippen LogP contribution in [-0.4, -0.2) is 5.97 Å². The minimum atomic E-state index is -0.187. The molecule has 0 bridgehead atoms. The lowest BCUT2D eigenvalue weighted by Gasteiger charge is -2.04. The van der Waals surface area contributed by atoms with Gasteiger partial charge in [0.05, 0.1) is 6.26 Å². The van der Waals surface area contributed by atoms with E-state index in [0.29, 0.717) is 11.5 Å². The highest BCUT2D eigenvalue weighted by Gasteiger charge is 2.01. The fourth-order valence-electron chi connectivity index (χ4n) is 4.30. The van der Waals surface area contributed by atoms with E-state index in [-0.39, 0.29) is 5.97 Å². The highest BCUT2D eigenvalue weighted by Crippen LogP contribution is 2.15. The Bertz CT molecular complexity index is 458. The summed E-state index contributed by atoms with van der Waals surface area (Å²) in [6.45, 7) is 5.79. The third-order valence-corrected chi connectivity index (χ3v) is 6.56. The Labute approximate surface area is 212 Å². The predicted molar refractivity (Wildman–Crippen MR) is 147 cm³/mol. The molecule has 0 aromatic rings. The molecule has 0 rings (SSSR count). The quantitative estimate of drug-likeness (QED) is 0.0529. The smallest absolute Gasteiger partial charge is 0.310 e. The molecular weight excluding hydrogens is 428 g/mol. The molecule has 2 nitrogen and oxygen atoms in total. The maximum absolute atomic E-state index is 11.5. The zero-order valence-corrected chi connectivity index (χ0v) is 22.8. The van der Waals surface area contributed by atoms with Gasteiger partial charge in [-0.1, -0.05) is 166 Å². The van der Waals surface area contributed by atoms with Crippen molar-refractivity contribution >= 4 is 17.6 Å². The Morgan fingerprint density at radius 1 is 0.606 bits per heavy atom. The summed E-state index contributed by atoms with van der Waals surface area (Å²) in [7, 11) is 0. The number of rotatable bonds is 26. The van der Waals surface area contributed by atoms with Gasteiger partial charge >= 0.3 is 5.97 Å². The van der Waals surface area contributed by atoms with E-state index in [0.717, 1.165) is 12.8 Å². The van der Waals surface area contributed by atoms with Crippen LogP contribution in [0.5, 0.6) is 0 Å². The van der Waals surface area contributed by atoms with Crippen LogP contribution in [-0.2, 0) is 9.53 Å². The Balaban J connectivity index is 3.12. The molecule has 0 aromatic carbocycles. The van der Waals surface area contributed by atoms with Crippen molar-refractivity contribution in [3.63, 3.8) is 0 Å². The summed E-state index contributed by atoms with van der Waals surface area (Å²) >= 11 is 5.56. The molecule has 0 heterocycles. The molecule has 33 heavy (non-hydrogen) atoms. The summed E-state index contributed by atoms with van der Waals surface area (Å²) in [5, 5.41) is 0.363. The number of carbonyl (C=O) groups excluding carboxylic acids is 1. The first-order valence-electron chi connectivity index (χ1n) is 14.4. The number of hydrogen-bond acceptors (Lipinski definition) is 2. The molecule has 3 heteroatoms. The average molecular weight is 483 g/mol. The van der Waals surface area contributed by atoms with E-state index in [1.807, 2.05) is 0 Å². The van der Waals surface area contributed by atoms with Crippen molar-refractivity contribution in [3.05, 3.63) is 23.9 Å². The highest BCUT2D eigenvalue weighted by molar-refractivity contribution is 6.30. The Hall–Kier alpha value is -0.760. The molecule has 0 aliphatic rings. The number of unbranched alkanes of at least 4 members (excludes halogenated alkanes) is 22. The summed E-state index contributed by atoms with van der Waals surface area (Å²) < 4.78 is 4.94. The standard InChI is InChI=1S/C30H55ClO2/c1-3-4-5-6-7-8-9-10-11-12-13-14-15-16-17-18-19-20-21-22-23-24-25-26-30(32)33-28-27-29(2)31/h27-28H,2-26H2,1H3. The monoisotopic (exact) mass is 482 g/mol. The molecule has 0 saturated heterocycles. The van der Waals surface area contributed by atoms with Crippen molar-refractivity contribution in [2.45, 2.75) is 161 Å². The van der Waals surface area contributed by atoms with Crippen LogP contribution in [0.1, 0.15) is 161 Å². The van der Waals surface area contributed by atoms with E-state index in [2.05, 4.69) is 13.5 Å². The highest BCUT2D eigenvalue weighted by atomic mass is 35.5. The Kier molecular flexibility index (Phi) is 26.9. The van der Waals surface area contributed by atoms with E-state index in [4.69, 9.17) is 16.3 Å². The van der Waals surface area contributed by atoms with Crippen LogP contribution in [0.2, 0.25) is 0 Å². The maximum atomic E-state index is 11.5. The van der Waals surface area contributed by atoms with Crippen molar-refractivity contribution in [1.82, 2.24) is 0 Å². The van der Waals surface area contributed by atoms with Gasteiger partial charge in [0.25, 0.3) is 0 Å². The van der Waals surface area contributed by atoms with Gasteiger partial charge in [-0.2, -0.15) is 0 Å². The molecule has 194 valence electrons. The fourth-order valence-corrected chi connectivity index (χ4v) is 4.35. The lowest BCUT2D eigenvalue weighted by Crippen LogP contribution is -1.98. The number of halogens is 1. The zero-order chi connectivity index (χ0) is 24.2. The third kappa shape index (κ3) is 29.2. The lowest BCUT2D eigenvalue weighted by atomic mass is 10.0. The van der Waals surface area contributed by atoms with Crippen LogP contribution in [0.3, 0.4) is 0 Å². The average Bonchev–Trinajstić information content (AvgIpc) is 2.79. The van der Waals surface area contributed by atoms with Crippen molar-refractivity contribution in [2.75, 3.05) is 0 Å². The van der Waals surface area contributed by atoms with Gasteiger partial charge in [0.15, 0.2) is 0 Å². The number of ether oxygens (including phenoxy) is 1. The number of esters is 1. The number of carbonyl (C=O) groups is 1. The maximum Gasteiger partial charge on any atom is 0.310 e.